The lowest BCUT2D eigenvalue weighted by Gasteiger charge is -2.27. The van der Waals surface area contributed by atoms with E-state index in [9.17, 15) is 13.9 Å². The molecule has 0 spiro atoms. The first-order valence-corrected chi connectivity index (χ1v) is 12.3. The van der Waals surface area contributed by atoms with Crippen LogP contribution in [-0.4, -0.2) is 11.7 Å². The molecule has 4 rings (SSSR count). The summed E-state index contributed by atoms with van der Waals surface area (Å²) in [7, 11) is 0. The van der Waals surface area contributed by atoms with Gasteiger partial charge in [0.15, 0.2) is 23.2 Å². The summed E-state index contributed by atoms with van der Waals surface area (Å²) in [5.41, 5.74) is 2.70. The fourth-order valence-corrected chi connectivity index (χ4v) is 4.80. The molecule has 0 amide bonds. The van der Waals surface area contributed by atoms with E-state index >= 15 is 4.39 Å². The summed E-state index contributed by atoms with van der Waals surface area (Å²) < 4.78 is 49.5. The number of halogens is 3. The minimum absolute atomic E-state index is 0.0328. The van der Waals surface area contributed by atoms with E-state index in [2.05, 4.69) is 12.7 Å². The second kappa shape index (κ2) is 11.6. The first-order valence-electron chi connectivity index (χ1n) is 12.3. The quantitative estimate of drug-likeness (QED) is 0.320. The molecular formula is C31H31F3O2. The fourth-order valence-electron chi connectivity index (χ4n) is 4.80. The molecule has 2 nitrogen and oxygen atoms in total. The van der Waals surface area contributed by atoms with Crippen LogP contribution in [0.25, 0.3) is 17.2 Å². The number of allylic oxidation sites excluding steroid dienone is 1. The summed E-state index contributed by atoms with van der Waals surface area (Å²) in [6.45, 7) is 5.47. The molecule has 188 valence electrons. The van der Waals surface area contributed by atoms with Crippen LogP contribution in [0.2, 0.25) is 0 Å². The molecule has 3 aromatic carbocycles. The van der Waals surface area contributed by atoms with Crippen molar-refractivity contribution in [2.75, 3.05) is 6.61 Å². The molecule has 1 aliphatic carbocycles. The summed E-state index contributed by atoms with van der Waals surface area (Å²) >= 11 is 0. The molecule has 3 aromatic rings. The van der Waals surface area contributed by atoms with Gasteiger partial charge in [-0.3, -0.25) is 0 Å². The smallest absolute Gasteiger partial charge is 0.166 e. The van der Waals surface area contributed by atoms with E-state index in [4.69, 9.17) is 4.74 Å². The van der Waals surface area contributed by atoms with Gasteiger partial charge < -0.3 is 9.84 Å². The standard InChI is InChI=1S/C31H31F3O2/c1-3-18-36-29-17-8-22(19-28(29)32)5-4-21-6-9-24(10-7-21)26-15-16-27(31(34)30(26)33)25-13-11-23(12-14-25)20(2)35/h3-5,8,11-17,19-21,24,35H,1,6-7,9-10,18H2,2H3/b5-4+. The Morgan fingerprint density at radius 2 is 1.69 bits per heavy atom. The predicted octanol–water partition coefficient (Wildman–Crippen LogP) is 8.38. The topological polar surface area (TPSA) is 29.5 Å². The van der Waals surface area contributed by atoms with Gasteiger partial charge in [0.2, 0.25) is 0 Å². The molecule has 0 heterocycles. The summed E-state index contributed by atoms with van der Waals surface area (Å²) in [6, 6.07) is 15.1. The van der Waals surface area contributed by atoms with E-state index in [0.717, 1.165) is 36.8 Å². The summed E-state index contributed by atoms with van der Waals surface area (Å²) in [5, 5.41) is 9.66. The van der Waals surface area contributed by atoms with Crippen LogP contribution in [0.1, 0.15) is 61.3 Å². The molecule has 1 fully saturated rings. The summed E-state index contributed by atoms with van der Waals surface area (Å²) in [5.74, 6) is -1.55. The Morgan fingerprint density at radius 3 is 2.33 bits per heavy atom. The van der Waals surface area contributed by atoms with Gasteiger partial charge in [-0.2, -0.15) is 0 Å². The van der Waals surface area contributed by atoms with Crippen molar-refractivity contribution in [3.05, 3.63) is 107 Å². The maximum absolute atomic E-state index is 15.1. The molecule has 0 radical (unpaired) electrons. The van der Waals surface area contributed by atoms with Gasteiger partial charge in [-0.1, -0.05) is 67.3 Å². The second-order valence-electron chi connectivity index (χ2n) is 9.39. The van der Waals surface area contributed by atoms with Crippen molar-refractivity contribution >= 4 is 6.08 Å². The molecule has 1 unspecified atom stereocenters. The molecule has 0 saturated heterocycles. The minimum atomic E-state index is -0.832. The molecule has 1 aliphatic rings. The highest BCUT2D eigenvalue weighted by Gasteiger charge is 2.26. The molecule has 0 aromatic heterocycles. The molecular weight excluding hydrogens is 461 g/mol. The van der Waals surface area contributed by atoms with Crippen molar-refractivity contribution in [2.24, 2.45) is 5.92 Å². The van der Waals surface area contributed by atoms with Crippen LogP contribution in [0, 0.1) is 23.4 Å². The number of rotatable bonds is 8. The summed E-state index contributed by atoms with van der Waals surface area (Å²) in [6.07, 6.45) is 8.16. The lowest BCUT2D eigenvalue weighted by molar-refractivity contribution is 0.199. The predicted molar refractivity (Wildman–Crippen MR) is 138 cm³/mol. The van der Waals surface area contributed by atoms with Crippen molar-refractivity contribution in [1.82, 2.24) is 0 Å². The molecule has 36 heavy (non-hydrogen) atoms. The molecule has 0 bridgehead atoms. The van der Waals surface area contributed by atoms with Gasteiger partial charge in [0.25, 0.3) is 0 Å². The third kappa shape index (κ3) is 5.90. The number of aliphatic hydroxyl groups is 1. The van der Waals surface area contributed by atoms with Crippen molar-refractivity contribution in [2.45, 2.75) is 44.6 Å². The van der Waals surface area contributed by atoms with Crippen LogP contribution in [-0.2, 0) is 0 Å². The van der Waals surface area contributed by atoms with Crippen LogP contribution >= 0.6 is 0 Å². The van der Waals surface area contributed by atoms with Gasteiger partial charge in [0, 0.05) is 5.56 Å². The van der Waals surface area contributed by atoms with Crippen molar-refractivity contribution < 1.29 is 23.0 Å². The van der Waals surface area contributed by atoms with Crippen LogP contribution in [0.15, 0.2) is 73.3 Å². The Balaban J connectivity index is 1.39. The molecule has 5 heteroatoms. The minimum Gasteiger partial charge on any atom is -0.486 e. The number of hydrogen-bond donors (Lipinski definition) is 1. The molecule has 0 aliphatic heterocycles. The third-order valence-electron chi connectivity index (χ3n) is 6.90. The zero-order valence-corrected chi connectivity index (χ0v) is 20.4. The lowest BCUT2D eigenvalue weighted by atomic mass is 9.78. The van der Waals surface area contributed by atoms with Gasteiger partial charge >= 0.3 is 0 Å². The highest BCUT2D eigenvalue weighted by molar-refractivity contribution is 5.65. The van der Waals surface area contributed by atoms with Crippen molar-refractivity contribution in [1.29, 1.82) is 0 Å². The zero-order chi connectivity index (χ0) is 25.7. The normalized spacial score (nSPS) is 18.8. The Bertz CT molecular complexity index is 1220. The zero-order valence-electron chi connectivity index (χ0n) is 20.4. The van der Waals surface area contributed by atoms with E-state index in [1.807, 2.05) is 6.08 Å². The van der Waals surface area contributed by atoms with Crippen molar-refractivity contribution in [3.63, 3.8) is 0 Å². The first kappa shape index (κ1) is 25.8. The van der Waals surface area contributed by atoms with Gasteiger partial charge in [0.05, 0.1) is 6.10 Å². The Hall–Kier alpha value is -3.31. The van der Waals surface area contributed by atoms with Crippen LogP contribution in [0.3, 0.4) is 0 Å². The van der Waals surface area contributed by atoms with E-state index in [1.54, 1.807) is 61.5 Å². The van der Waals surface area contributed by atoms with Gasteiger partial charge in [0.1, 0.15) is 6.61 Å². The maximum Gasteiger partial charge on any atom is 0.166 e. The average molecular weight is 493 g/mol. The third-order valence-corrected chi connectivity index (χ3v) is 6.90. The molecule has 1 saturated carbocycles. The molecule has 1 N–H and O–H groups in total. The largest absolute Gasteiger partial charge is 0.486 e. The number of benzene rings is 3. The fraction of sp³-hybridized carbons (Fsp3) is 0.290. The average Bonchev–Trinajstić information content (AvgIpc) is 2.89. The van der Waals surface area contributed by atoms with E-state index < -0.39 is 23.6 Å². The van der Waals surface area contributed by atoms with Gasteiger partial charge in [-0.15, -0.1) is 0 Å². The lowest BCUT2D eigenvalue weighted by Crippen LogP contribution is -2.13. The van der Waals surface area contributed by atoms with Crippen LogP contribution in [0.4, 0.5) is 13.2 Å². The highest BCUT2D eigenvalue weighted by atomic mass is 19.2. The molecule has 1 atom stereocenters. The van der Waals surface area contributed by atoms with Gasteiger partial charge in [-0.25, -0.2) is 13.2 Å². The summed E-state index contributed by atoms with van der Waals surface area (Å²) in [4.78, 5) is 0. The van der Waals surface area contributed by atoms with Gasteiger partial charge in [-0.05, 0) is 78.8 Å². The SMILES string of the molecule is C=CCOc1ccc(/C=C/C2CCC(c3ccc(-c4ccc(C(C)O)cc4)c(F)c3F)CC2)cc1F. The number of aliphatic hydroxyl groups excluding tert-OH is 1. The Morgan fingerprint density at radius 1 is 0.972 bits per heavy atom. The number of hydrogen-bond acceptors (Lipinski definition) is 2. The van der Waals surface area contributed by atoms with E-state index in [-0.39, 0.29) is 23.8 Å². The maximum atomic E-state index is 15.1. The first-order chi connectivity index (χ1) is 17.4. The Labute approximate surface area is 210 Å². The van der Waals surface area contributed by atoms with Crippen LogP contribution in [0.5, 0.6) is 5.75 Å². The van der Waals surface area contributed by atoms with E-state index in [0.29, 0.717) is 17.0 Å². The highest BCUT2D eigenvalue weighted by Crippen LogP contribution is 2.39. The monoisotopic (exact) mass is 492 g/mol. The van der Waals surface area contributed by atoms with Crippen LogP contribution < -0.4 is 4.74 Å². The van der Waals surface area contributed by atoms with Crippen molar-refractivity contribution in [3.8, 4) is 16.9 Å². The van der Waals surface area contributed by atoms with E-state index in [1.165, 1.54) is 6.07 Å². The number of ether oxygens (including phenoxy) is 1. The second-order valence-corrected chi connectivity index (χ2v) is 9.39. The Kier molecular flexibility index (Phi) is 8.32.